The standard InChI is InChI=1S/C18H25N3OS2/c1-21-15(13-11-23-9-5-14(13)20-21)10-19-17(16-4-2-8-24-16)18(12-22)6-3-7-18/h2,4,8,17,19,22H,3,5-7,9-12H2,1H3. The third-order valence-electron chi connectivity index (χ3n) is 5.67. The maximum absolute atomic E-state index is 10.1. The van der Waals surface area contributed by atoms with Crippen LogP contribution in [0.3, 0.4) is 0 Å². The van der Waals surface area contributed by atoms with E-state index < -0.39 is 0 Å². The summed E-state index contributed by atoms with van der Waals surface area (Å²) in [4.78, 5) is 1.34. The highest BCUT2D eigenvalue weighted by atomic mass is 32.2. The number of aliphatic hydroxyl groups excluding tert-OH is 1. The van der Waals surface area contributed by atoms with Gasteiger partial charge in [-0.05, 0) is 30.0 Å². The maximum Gasteiger partial charge on any atom is 0.0676 e. The van der Waals surface area contributed by atoms with Crippen LogP contribution < -0.4 is 5.32 Å². The molecule has 1 unspecified atom stereocenters. The summed E-state index contributed by atoms with van der Waals surface area (Å²) in [5, 5.41) is 20.7. The van der Waals surface area contributed by atoms with Gasteiger partial charge < -0.3 is 10.4 Å². The molecule has 2 aromatic rings. The molecule has 2 N–H and O–H groups in total. The van der Waals surface area contributed by atoms with Crippen LogP contribution in [0.4, 0.5) is 0 Å². The number of aliphatic hydroxyl groups is 1. The lowest BCUT2D eigenvalue weighted by Gasteiger charge is -2.46. The number of thioether (sulfide) groups is 1. The van der Waals surface area contributed by atoms with E-state index in [1.807, 2.05) is 11.8 Å². The van der Waals surface area contributed by atoms with E-state index in [1.165, 1.54) is 34.0 Å². The Kier molecular flexibility index (Phi) is 4.73. The Morgan fingerprint density at radius 3 is 3.00 bits per heavy atom. The predicted octanol–water partition coefficient (Wildman–Crippen LogP) is 3.26. The Labute approximate surface area is 151 Å². The summed E-state index contributed by atoms with van der Waals surface area (Å²) in [6.07, 6.45) is 4.53. The molecule has 130 valence electrons. The molecule has 6 heteroatoms. The average Bonchev–Trinajstić information content (AvgIpc) is 3.17. The fourth-order valence-corrected chi connectivity index (χ4v) is 6.00. The van der Waals surface area contributed by atoms with Gasteiger partial charge in [-0.3, -0.25) is 4.68 Å². The highest BCUT2D eigenvalue weighted by Gasteiger charge is 2.44. The lowest BCUT2D eigenvalue weighted by molar-refractivity contribution is 0.00556. The molecule has 0 bridgehead atoms. The zero-order valence-electron chi connectivity index (χ0n) is 14.1. The van der Waals surface area contributed by atoms with Gasteiger partial charge in [0.2, 0.25) is 0 Å². The van der Waals surface area contributed by atoms with Gasteiger partial charge in [0.15, 0.2) is 0 Å². The van der Waals surface area contributed by atoms with Crippen molar-refractivity contribution in [1.82, 2.24) is 15.1 Å². The molecule has 0 saturated heterocycles. The fourth-order valence-electron chi connectivity index (χ4n) is 4.04. The Balaban J connectivity index is 1.57. The van der Waals surface area contributed by atoms with Gasteiger partial charge in [-0.1, -0.05) is 12.5 Å². The molecular formula is C18H25N3OS2. The second-order valence-corrected chi connectivity index (χ2v) is 9.09. The van der Waals surface area contributed by atoms with Crippen molar-refractivity contribution < 1.29 is 5.11 Å². The van der Waals surface area contributed by atoms with Gasteiger partial charge in [0.25, 0.3) is 0 Å². The molecule has 24 heavy (non-hydrogen) atoms. The first-order valence-electron chi connectivity index (χ1n) is 8.72. The van der Waals surface area contributed by atoms with Gasteiger partial charge in [0.05, 0.1) is 18.0 Å². The topological polar surface area (TPSA) is 50.1 Å². The van der Waals surface area contributed by atoms with Gasteiger partial charge in [-0.2, -0.15) is 16.9 Å². The molecule has 3 heterocycles. The van der Waals surface area contributed by atoms with E-state index in [2.05, 4.69) is 34.6 Å². The minimum atomic E-state index is 0.0122. The number of thiophene rings is 1. The second-order valence-electron chi connectivity index (χ2n) is 7.00. The van der Waals surface area contributed by atoms with Gasteiger partial charge in [0, 0.05) is 47.7 Å². The van der Waals surface area contributed by atoms with Crippen molar-refractivity contribution in [1.29, 1.82) is 0 Å². The number of hydrogen-bond acceptors (Lipinski definition) is 5. The summed E-state index contributed by atoms with van der Waals surface area (Å²) < 4.78 is 2.06. The van der Waals surface area contributed by atoms with Crippen molar-refractivity contribution >= 4 is 23.1 Å². The van der Waals surface area contributed by atoms with E-state index in [4.69, 9.17) is 5.10 Å². The molecule has 4 nitrogen and oxygen atoms in total. The lowest BCUT2D eigenvalue weighted by atomic mass is 9.64. The van der Waals surface area contributed by atoms with Gasteiger partial charge in [-0.25, -0.2) is 0 Å². The summed E-state index contributed by atoms with van der Waals surface area (Å²) in [5.41, 5.74) is 4.03. The first-order valence-corrected chi connectivity index (χ1v) is 10.8. The van der Waals surface area contributed by atoms with Crippen LogP contribution in [0, 0.1) is 5.41 Å². The van der Waals surface area contributed by atoms with E-state index in [-0.39, 0.29) is 18.1 Å². The van der Waals surface area contributed by atoms with Crippen LogP contribution >= 0.6 is 23.1 Å². The van der Waals surface area contributed by atoms with Crippen LogP contribution in [0.2, 0.25) is 0 Å². The SMILES string of the molecule is Cn1nc2c(c1CNC(c1cccs1)C1(CO)CCC1)CSCC2. The molecule has 1 aliphatic carbocycles. The van der Waals surface area contributed by atoms with Gasteiger partial charge >= 0.3 is 0 Å². The fraction of sp³-hybridized carbons (Fsp3) is 0.611. The Morgan fingerprint density at radius 2 is 2.33 bits per heavy atom. The first kappa shape index (κ1) is 16.6. The monoisotopic (exact) mass is 363 g/mol. The summed E-state index contributed by atoms with van der Waals surface area (Å²) >= 11 is 3.80. The molecule has 0 radical (unpaired) electrons. The van der Waals surface area contributed by atoms with E-state index in [1.54, 1.807) is 11.3 Å². The molecule has 1 saturated carbocycles. The van der Waals surface area contributed by atoms with Crippen LogP contribution in [0.25, 0.3) is 0 Å². The quantitative estimate of drug-likeness (QED) is 0.827. The summed E-state index contributed by atoms with van der Waals surface area (Å²) in [6.45, 7) is 1.09. The molecule has 0 spiro atoms. The zero-order valence-corrected chi connectivity index (χ0v) is 15.8. The number of nitrogens with zero attached hydrogens (tertiary/aromatic N) is 2. The van der Waals surface area contributed by atoms with Crippen LogP contribution in [-0.2, 0) is 25.8 Å². The minimum absolute atomic E-state index is 0.0122. The van der Waals surface area contributed by atoms with Crippen LogP contribution in [0.1, 0.15) is 47.1 Å². The minimum Gasteiger partial charge on any atom is -0.396 e. The number of aryl methyl sites for hydroxylation is 2. The van der Waals surface area contributed by atoms with Crippen LogP contribution in [-0.4, -0.2) is 27.2 Å². The zero-order chi connectivity index (χ0) is 16.6. The predicted molar refractivity (Wildman–Crippen MR) is 100 cm³/mol. The molecule has 2 aliphatic rings. The third kappa shape index (κ3) is 2.83. The molecule has 0 aromatic carbocycles. The van der Waals surface area contributed by atoms with Crippen molar-refractivity contribution in [3.63, 3.8) is 0 Å². The highest BCUT2D eigenvalue weighted by molar-refractivity contribution is 7.98. The van der Waals surface area contributed by atoms with E-state index in [9.17, 15) is 5.11 Å². The highest BCUT2D eigenvalue weighted by Crippen LogP contribution is 2.50. The van der Waals surface area contributed by atoms with Crippen molar-refractivity contribution in [3.05, 3.63) is 39.3 Å². The molecule has 1 atom stereocenters. The Bertz CT molecular complexity index is 686. The molecule has 4 rings (SSSR count). The number of aromatic nitrogens is 2. The van der Waals surface area contributed by atoms with Crippen molar-refractivity contribution in [2.24, 2.45) is 12.5 Å². The molecule has 0 amide bonds. The number of hydrogen-bond donors (Lipinski definition) is 2. The summed E-state index contributed by atoms with van der Waals surface area (Å²) in [5.74, 6) is 2.26. The lowest BCUT2D eigenvalue weighted by Crippen LogP contribution is -2.45. The average molecular weight is 364 g/mol. The summed E-state index contributed by atoms with van der Waals surface area (Å²) in [6, 6.07) is 4.55. The largest absolute Gasteiger partial charge is 0.396 e. The maximum atomic E-state index is 10.1. The number of nitrogens with one attached hydrogen (secondary N) is 1. The number of rotatable bonds is 6. The normalized spacial score (nSPS) is 20.4. The van der Waals surface area contributed by atoms with Gasteiger partial charge in [0.1, 0.15) is 0 Å². The van der Waals surface area contributed by atoms with Gasteiger partial charge in [-0.15, -0.1) is 11.3 Å². The molecular weight excluding hydrogens is 338 g/mol. The number of fused-ring (bicyclic) bond motifs is 1. The van der Waals surface area contributed by atoms with E-state index in [0.29, 0.717) is 0 Å². The van der Waals surface area contributed by atoms with Crippen molar-refractivity contribution in [2.45, 2.75) is 44.0 Å². The molecule has 2 aromatic heterocycles. The van der Waals surface area contributed by atoms with Crippen LogP contribution in [0.15, 0.2) is 17.5 Å². The van der Waals surface area contributed by atoms with E-state index >= 15 is 0 Å². The van der Waals surface area contributed by atoms with Crippen molar-refractivity contribution in [3.8, 4) is 0 Å². The second kappa shape index (κ2) is 6.83. The molecule has 1 aliphatic heterocycles. The Hall–Kier alpha value is -0.820. The van der Waals surface area contributed by atoms with E-state index in [0.717, 1.165) is 31.6 Å². The smallest absolute Gasteiger partial charge is 0.0676 e. The first-order chi connectivity index (χ1) is 11.7. The van der Waals surface area contributed by atoms with Crippen molar-refractivity contribution in [2.75, 3.05) is 12.4 Å². The Morgan fingerprint density at radius 1 is 1.46 bits per heavy atom. The molecule has 1 fully saturated rings. The van der Waals surface area contributed by atoms with Crippen LogP contribution in [0.5, 0.6) is 0 Å². The summed E-state index contributed by atoms with van der Waals surface area (Å²) in [7, 11) is 2.06. The third-order valence-corrected chi connectivity index (χ3v) is 7.59.